The molecule has 2 N–H and O–H groups in total. The third-order valence-corrected chi connectivity index (χ3v) is 3.86. The molecule has 24 heavy (non-hydrogen) atoms. The summed E-state index contributed by atoms with van der Waals surface area (Å²) in [6.07, 6.45) is 0.973. The summed E-state index contributed by atoms with van der Waals surface area (Å²) in [5, 5.41) is 22.3. The summed E-state index contributed by atoms with van der Waals surface area (Å²) in [5.74, 6) is -2.19. The molecule has 2 atom stereocenters. The summed E-state index contributed by atoms with van der Waals surface area (Å²) in [4.78, 5) is 47.0. The van der Waals surface area contributed by atoms with Gasteiger partial charge in [-0.2, -0.15) is 0 Å². The van der Waals surface area contributed by atoms with Crippen molar-refractivity contribution in [3.05, 3.63) is 39.9 Å². The number of carboxylic acids is 1. The first kappa shape index (κ1) is 17.4. The molecule has 1 fully saturated rings. The number of amides is 2. The van der Waals surface area contributed by atoms with Crippen LogP contribution in [0.3, 0.4) is 0 Å². The molecule has 0 radical (unpaired) electrons. The fraction of sp³-hybridized carbons (Fsp3) is 0.400. The van der Waals surface area contributed by atoms with E-state index in [1.165, 1.54) is 30.0 Å². The van der Waals surface area contributed by atoms with E-state index in [2.05, 4.69) is 5.32 Å². The van der Waals surface area contributed by atoms with Crippen LogP contribution in [0.15, 0.2) is 24.3 Å². The minimum Gasteiger partial charge on any atom is -0.480 e. The van der Waals surface area contributed by atoms with Gasteiger partial charge in [0.05, 0.1) is 4.92 Å². The van der Waals surface area contributed by atoms with Gasteiger partial charge < -0.3 is 15.3 Å². The van der Waals surface area contributed by atoms with Crippen LogP contribution >= 0.6 is 0 Å². The summed E-state index contributed by atoms with van der Waals surface area (Å²) < 4.78 is 0. The molecule has 1 saturated heterocycles. The Balaban J connectivity index is 2.06. The average Bonchev–Trinajstić information content (AvgIpc) is 3.03. The number of carboxylic acid groups (broad SMARTS) is 1. The van der Waals surface area contributed by atoms with E-state index in [1.54, 1.807) is 0 Å². The molecule has 1 aromatic carbocycles. The van der Waals surface area contributed by atoms with Crippen LogP contribution in [-0.2, 0) is 9.59 Å². The van der Waals surface area contributed by atoms with Crippen LogP contribution in [0.4, 0.5) is 5.69 Å². The van der Waals surface area contributed by atoms with Crippen molar-refractivity contribution in [2.24, 2.45) is 0 Å². The van der Waals surface area contributed by atoms with E-state index < -0.39 is 34.8 Å². The minimum absolute atomic E-state index is 0.0556. The van der Waals surface area contributed by atoms with Gasteiger partial charge in [0.25, 0.3) is 11.6 Å². The van der Waals surface area contributed by atoms with Crippen molar-refractivity contribution in [1.82, 2.24) is 10.2 Å². The number of nitro groups is 1. The highest BCUT2D eigenvalue weighted by Crippen LogP contribution is 2.19. The summed E-state index contributed by atoms with van der Waals surface area (Å²) in [7, 11) is 0. The second kappa shape index (κ2) is 7.07. The zero-order valence-electron chi connectivity index (χ0n) is 13.0. The van der Waals surface area contributed by atoms with E-state index in [0.717, 1.165) is 6.07 Å². The number of aliphatic carboxylic acids is 1. The molecular weight excluding hydrogens is 318 g/mol. The number of nitrogens with zero attached hydrogens (tertiary/aromatic N) is 2. The Bertz CT molecular complexity index is 690. The number of hydrogen-bond donors (Lipinski definition) is 2. The Kier molecular flexibility index (Phi) is 5.12. The molecule has 2 rings (SSSR count). The molecule has 1 aromatic rings. The molecule has 2 amide bonds. The lowest BCUT2D eigenvalue weighted by Crippen LogP contribution is -2.50. The van der Waals surface area contributed by atoms with Gasteiger partial charge in [-0.05, 0) is 25.8 Å². The number of carbonyl (C=O) groups excluding carboxylic acids is 2. The van der Waals surface area contributed by atoms with Crippen molar-refractivity contribution < 1.29 is 24.4 Å². The maximum atomic E-state index is 12.3. The topological polar surface area (TPSA) is 130 Å². The number of likely N-dealkylation sites (tertiary alicyclic amines) is 1. The molecule has 0 bridgehead atoms. The second-order valence-electron chi connectivity index (χ2n) is 5.53. The lowest BCUT2D eigenvalue weighted by Gasteiger charge is -2.25. The molecule has 1 heterocycles. The van der Waals surface area contributed by atoms with E-state index in [4.69, 9.17) is 5.11 Å². The molecule has 1 aliphatic rings. The fourth-order valence-electron chi connectivity index (χ4n) is 2.64. The Labute approximate surface area is 137 Å². The lowest BCUT2D eigenvalue weighted by molar-refractivity contribution is -0.384. The molecule has 9 heteroatoms. The van der Waals surface area contributed by atoms with E-state index >= 15 is 0 Å². The molecule has 1 aliphatic heterocycles. The average molecular weight is 335 g/mol. The van der Waals surface area contributed by atoms with Crippen LogP contribution < -0.4 is 5.32 Å². The SMILES string of the molecule is CC(NC(=O)c1cccc([N+](=O)[O-])c1)C(=O)N1CCC[C@H]1C(=O)O. The monoisotopic (exact) mass is 335 g/mol. The summed E-state index contributed by atoms with van der Waals surface area (Å²) >= 11 is 0. The standard InChI is InChI=1S/C15H17N3O6/c1-9(14(20)17-7-3-6-12(17)15(21)22)16-13(19)10-4-2-5-11(8-10)18(23)24/h2,4-5,8-9,12H,3,6-7H2,1H3,(H,16,19)(H,21,22)/t9?,12-/m0/s1. The van der Waals surface area contributed by atoms with E-state index in [0.29, 0.717) is 19.4 Å². The van der Waals surface area contributed by atoms with Crippen LogP contribution in [0.2, 0.25) is 0 Å². The number of rotatable bonds is 5. The maximum Gasteiger partial charge on any atom is 0.326 e. The lowest BCUT2D eigenvalue weighted by atomic mass is 10.1. The maximum absolute atomic E-state index is 12.3. The zero-order chi connectivity index (χ0) is 17.9. The Morgan fingerprint density at radius 1 is 1.42 bits per heavy atom. The Morgan fingerprint density at radius 3 is 2.75 bits per heavy atom. The van der Waals surface area contributed by atoms with Crippen LogP contribution in [0, 0.1) is 10.1 Å². The molecule has 9 nitrogen and oxygen atoms in total. The van der Waals surface area contributed by atoms with Gasteiger partial charge >= 0.3 is 5.97 Å². The molecule has 128 valence electrons. The highest BCUT2D eigenvalue weighted by molar-refractivity contribution is 5.98. The smallest absolute Gasteiger partial charge is 0.326 e. The first-order chi connectivity index (χ1) is 11.3. The number of carbonyl (C=O) groups is 3. The third-order valence-electron chi connectivity index (χ3n) is 3.86. The first-order valence-electron chi connectivity index (χ1n) is 7.40. The zero-order valence-corrected chi connectivity index (χ0v) is 13.0. The van der Waals surface area contributed by atoms with Crippen molar-refractivity contribution in [3.63, 3.8) is 0 Å². The van der Waals surface area contributed by atoms with E-state index in [1.807, 2.05) is 0 Å². The first-order valence-corrected chi connectivity index (χ1v) is 7.40. The van der Waals surface area contributed by atoms with Gasteiger partial charge in [-0.25, -0.2) is 4.79 Å². The van der Waals surface area contributed by atoms with Crippen molar-refractivity contribution in [2.75, 3.05) is 6.54 Å². The summed E-state index contributed by atoms with van der Waals surface area (Å²) in [6, 6.07) is 3.33. The second-order valence-corrected chi connectivity index (χ2v) is 5.53. The Hall–Kier alpha value is -2.97. The third kappa shape index (κ3) is 3.67. The van der Waals surface area contributed by atoms with Crippen molar-refractivity contribution in [3.8, 4) is 0 Å². The Morgan fingerprint density at radius 2 is 2.12 bits per heavy atom. The molecular formula is C15H17N3O6. The number of hydrogen-bond acceptors (Lipinski definition) is 5. The van der Waals surface area contributed by atoms with Crippen molar-refractivity contribution >= 4 is 23.5 Å². The van der Waals surface area contributed by atoms with Gasteiger partial charge in [0.1, 0.15) is 12.1 Å². The van der Waals surface area contributed by atoms with Crippen LogP contribution in [0.25, 0.3) is 0 Å². The van der Waals surface area contributed by atoms with Gasteiger partial charge in [-0.1, -0.05) is 6.07 Å². The minimum atomic E-state index is -1.07. The van der Waals surface area contributed by atoms with Crippen molar-refractivity contribution in [2.45, 2.75) is 31.8 Å². The van der Waals surface area contributed by atoms with Gasteiger partial charge in [0.2, 0.25) is 5.91 Å². The quantitative estimate of drug-likeness (QED) is 0.604. The van der Waals surface area contributed by atoms with Crippen LogP contribution in [0.1, 0.15) is 30.1 Å². The van der Waals surface area contributed by atoms with Gasteiger partial charge in [0, 0.05) is 24.2 Å². The molecule has 0 aromatic heterocycles. The van der Waals surface area contributed by atoms with Gasteiger partial charge in [-0.15, -0.1) is 0 Å². The highest BCUT2D eigenvalue weighted by atomic mass is 16.6. The summed E-state index contributed by atoms with van der Waals surface area (Å²) in [5.41, 5.74) is -0.174. The molecule has 0 aliphatic carbocycles. The molecule has 1 unspecified atom stereocenters. The predicted octanol–water partition coefficient (Wildman–Crippen LogP) is 0.789. The molecule has 0 saturated carbocycles. The summed E-state index contributed by atoms with van der Waals surface area (Å²) in [6.45, 7) is 1.78. The van der Waals surface area contributed by atoms with Crippen molar-refractivity contribution in [1.29, 1.82) is 0 Å². The number of non-ortho nitro benzene ring substituents is 1. The highest BCUT2D eigenvalue weighted by Gasteiger charge is 2.36. The van der Waals surface area contributed by atoms with Crippen LogP contribution in [0.5, 0.6) is 0 Å². The van der Waals surface area contributed by atoms with Gasteiger partial charge in [0.15, 0.2) is 0 Å². The number of benzene rings is 1. The van der Waals surface area contributed by atoms with Crippen LogP contribution in [-0.4, -0.2) is 51.3 Å². The fourth-order valence-corrected chi connectivity index (χ4v) is 2.64. The van der Waals surface area contributed by atoms with E-state index in [-0.39, 0.29) is 11.3 Å². The van der Waals surface area contributed by atoms with Gasteiger partial charge in [-0.3, -0.25) is 19.7 Å². The molecule has 0 spiro atoms. The largest absolute Gasteiger partial charge is 0.480 e. The number of nitro benzene ring substituents is 1. The van der Waals surface area contributed by atoms with E-state index in [9.17, 15) is 24.5 Å². The predicted molar refractivity (Wildman–Crippen MR) is 82.4 cm³/mol. The normalized spacial score (nSPS) is 18.0. The number of nitrogens with one attached hydrogen (secondary N) is 1.